The number of nitriles is 2. The van der Waals surface area contributed by atoms with E-state index in [0.29, 0.717) is 37.2 Å². The summed E-state index contributed by atoms with van der Waals surface area (Å²) in [5, 5.41) is 27.8. The van der Waals surface area contributed by atoms with Gasteiger partial charge in [0.05, 0.1) is 24.3 Å². The van der Waals surface area contributed by atoms with Gasteiger partial charge in [0.25, 0.3) is 0 Å². The van der Waals surface area contributed by atoms with Gasteiger partial charge in [0.2, 0.25) is 0 Å². The fourth-order valence-corrected chi connectivity index (χ4v) is 5.54. The zero-order valence-corrected chi connectivity index (χ0v) is 24.6. The van der Waals surface area contributed by atoms with Crippen molar-refractivity contribution < 1.29 is 4.74 Å². The van der Waals surface area contributed by atoms with Crippen molar-refractivity contribution >= 4 is 11.0 Å². The minimum Gasteiger partial charge on any atom is -0.361 e. The van der Waals surface area contributed by atoms with E-state index in [4.69, 9.17) is 4.74 Å². The highest BCUT2D eigenvalue weighted by Gasteiger charge is 2.39. The SMILES string of the molecule is CC(C)(C)CCCCCCCCCCCOCn1ccc2c(-c3cnn(C4(CC#N)CNC4)c3)c(C#N)cnc21. The number of unbranched alkanes of at least 4 members (excludes halogenated alkanes) is 8. The molecule has 1 aliphatic heterocycles. The summed E-state index contributed by atoms with van der Waals surface area (Å²) in [6, 6.07) is 6.57. The molecular weight excluding hydrogens is 498 g/mol. The number of hydrogen-bond donors (Lipinski definition) is 1. The molecule has 1 saturated heterocycles. The van der Waals surface area contributed by atoms with Crippen LogP contribution in [0, 0.1) is 28.1 Å². The van der Waals surface area contributed by atoms with Crippen molar-refractivity contribution in [3.8, 4) is 23.3 Å². The van der Waals surface area contributed by atoms with Crippen molar-refractivity contribution in [2.45, 2.75) is 104 Å². The Morgan fingerprint density at radius 3 is 2.33 bits per heavy atom. The van der Waals surface area contributed by atoms with E-state index in [1.165, 1.54) is 57.8 Å². The molecule has 1 N–H and O–H groups in total. The average Bonchev–Trinajstić information content (AvgIpc) is 3.55. The molecule has 214 valence electrons. The molecule has 0 radical (unpaired) electrons. The van der Waals surface area contributed by atoms with Gasteiger partial charge in [0, 0.05) is 54.8 Å². The van der Waals surface area contributed by atoms with Gasteiger partial charge in [-0.25, -0.2) is 4.98 Å². The molecule has 0 amide bonds. The number of rotatable bonds is 16. The molecule has 8 nitrogen and oxygen atoms in total. The maximum atomic E-state index is 9.81. The fourth-order valence-electron chi connectivity index (χ4n) is 5.54. The van der Waals surface area contributed by atoms with E-state index in [0.717, 1.165) is 35.2 Å². The smallest absolute Gasteiger partial charge is 0.142 e. The van der Waals surface area contributed by atoms with Crippen molar-refractivity contribution in [2.75, 3.05) is 19.7 Å². The van der Waals surface area contributed by atoms with Crippen molar-refractivity contribution in [3.63, 3.8) is 0 Å². The third-order valence-electron chi connectivity index (χ3n) is 8.03. The van der Waals surface area contributed by atoms with Gasteiger partial charge in [-0.05, 0) is 24.3 Å². The molecule has 8 heteroatoms. The average molecular weight is 544 g/mol. The summed E-state index contributed by atoms with van der Waals surface area (Å²) in [4.78, 5) is 4.58. The highest BCUT2D eigenvalue weighted by atomic mass is 16.5. The lowest BCUT2D eigenvalue weighted by molar-refractivity contribution is 0.0763. The van der Waals surface area contributed by atoms with E-state index >= 15 is 0 Å². The number of pyridine rings is 1. The second-order valence-electron chi connectivity index (χ2n) is 12.5. The third-order valence-corrected chi connectivity index (χ3v) is 8.03. The van der Waals surface area contributed by atoms with Crippen LogP contribution in [0.5, 0.6) is 0 Å². The number of ether oxygens (including phenoxy) is 1. The second kappa shape index (κ2) is 13.9. The number of fused-ring (bicyclic) bond motifs is 1. The lowest BCUT2D eigenvalue weighted by atomic mass is 9.89. The largest absolute Gasteiger partial charge is 0.361 e. The zero-order valence-electron chi connectivity index (χ0n) is 24.6. The van der Waals surface area contributed by atoms with Crippen LogP contribution in [0.4, 0.5) is 0 Å². The third kappa shape index (κ3) is 7.50. The fraction of sp³-hybridized carbons (Fsp3) is 0.625. The van der Waals surface area contributed by atoms with Gasteiger partial charge in [-0.15, -0.1) is 0 Å². The van der Waals surface area contributed by atoms with Crippen molar-refractivity contribution in [3.05, 3.63) is 36.4 Å². The Labute approximate surface area is 239 Å². The first kappa shape index (κ1) is 29.8. The first-order chi connectivity index (χ1) is 19.4. The highest BCUT2D eigenvalue weighted by Crippen LogP contribution is 2.34. The summed E-state index contributed by atoms with van der Waals surface area (Å²) in [7, 11) is 0. The normalized spacial score (nSPS) is 14.6. The van der Waals surface area contributed by atoms with Crippen LogP contribution in [0.2, 0.25) is 0 Å². The van der Waals surface area contributed by atoms with Crippen molar-refractivity contribution in [1.29, 1.82) is 10.5 Å². The van der Waals surface area contributed by atoms with Gasteiger partial charge in [0.1, 0.15) is 24.0 Å². The van der Waals surface area contributed by atoms with Crippen LogP contribution >= 0.6 is 0 Å². The molecule has 1 fully saturated rings. The molecule has 3 aromatic rings. The summed E-state index contributed by atoms with van der Waals surface area (Å²) in [5.41, 5.74) is 3.14. The van der Waals surface area contributed by atoms with Crippen LogP contribution < -0.4 is 5.32 Å². The molecule has 0 bridgehead atoms. The molecule has 1 aliphatic rings. The topological polar surface area (TPSA) is 104 Å². The van der Waals surface area contributed by atoms with E-state index in [2.05, 4.69) is 48.3 Å². The van der Waals surface area contributed by atoms with Crippen LogP contribution in [0.1, 0.15) is 97.0 Å². The molecule has 4 rings (SSSR count). The van der Waals surface area contributed by atoms with Crippen LogP contribution in [-0.4, -0.2) is 39.0 Å². The standard InChI is InChI=1S/C32H45N7O/c1-31(2,3)14-11-9-7-5-4-6-8-10-12-18-40-25-38-17-13-28-29(26(19-34)20-36-30(28)38)27-21-37-39(22-27)32(15-16-33)23-35-24-32/h13,17,20-22,35H,4-12,14-15,18,23-25H2,1-3H3. The Kier molecular flexibility index (Phi) is 10.4. The summed E-state index contributed by atoms with van der Waals surface area (Å²) in [6.45, 7) is 9.58. The summed E-state index contributed by atoms with van der Waals surface area (Å²) in [5.74, 6) is 0. The van der Waals surface area contributed by atoms with Crippen LogP contribution in [0.15, 0.2) is 30.9 Å². The summed E-state index contributed by atoms with van der Waals surface area (Å²) in [6.07, 6.45) is 20.8. The lowest BCUT2D eigenvalue weighted by Gasteiger charge is -2.41. The minimum absolute atomic E-state index is 0.322. The van der Waals surface area contributed by atoms with Crippen LogP contribution in [0.3, 0.4) is 0 Å². The molecule has 3 aromatic heterocycles. The van der Waals surface area contributed by atoms with Gasteiger partial charge < -0.3 is 14.6 Å². The van der Waals surface area contributed by atoms with E-state index in [1.807, 2.05) is 27.7 Å². The summed E-state index contributed by atoms with van der Waals surface area (Å²) < 4.78 is 9.87. The zero-order chi connectivity index (χ0) is 28.4. The first-order valence-corrected chi connectivity index (χ1v) is 15.0. The van der Waals surface area contributed by atoms with Gasteiger partial charge >= 0.3 is 0 Å². The van der Waals surface area contributed by atoms with Gasteiger partial charge in [0.15, 0.2) is 0 Å². The molecule has 0 aromatic carbocycles. The Hall–Kier alpha value is -3.20. The first-order valence-electron chi connectivity index (χ1n) is 15.0. The number of nitrogens with zero attached hydrogens (tertiary/aromatic N) is 6. The number of hydrogen-bond acceptors (Lipinski definition) is 6. The molecule has 0 saturated carbocycles. The van der Waals surface area contributed by atoms with Gasteiger partial charge in [-0.1, -0.05) is 72.1 Å². The van der Waals surface area contributed by atoms with Crippen molar-refractivity contribution in [1.82, 2.24) is 24.6 Å². The Morgan fingerprint density at radius 2 is 1.70 bits per heavy atom. The maximum Gasteiger partial charge on any atom is 0.142 e. The Bertz CT molecular complexity index is 1310. The van der Waals surface area contributed by atoms with Gasteiger partial charge in [-0.3, -0.25) is 4.68 Å². The Morgan fingerprint density at radius 1 is 1.00 bits per heavy atom. The molecular formula is C32H45N7O. The Balaban J connectivity index is 1.23. The summed E-state index contributed by atoms with van der Waals surface area (Å²) >= 11 is 0. The molecule has 0 spiro atoms. The molecule has 0 atom stereocenters. The van der Waals surface area contributed by atoms with E-state index < -0.39 is 0 Å². The predicted molar refractivity (Wildman–Crippen MR) is 158 cm³/mol. The van der Waals surface area contributed by atoms with E-state index in [-0.39, 0.29) is 5.54 Å². The quantitative estimate of drug-likeness (QED) is 0.197. The predicted octanol–water partition coefficient (Wildman–Crippen LogP) is 6.90. The van der Waals surface area contributed by atoms with Crippen LogP contribution in [0.25, 0.3) is 22.2 Å². The second-order valence-corrected chi connectivity index (χ2v) is 12.5. The molecule has 4 heterocycles. The monoisotopic (exact) mass is 543 g/mol. The number of nitrogens with one attached hydrogen (secondary N) is 1. The van der Waals surface area contributed by atoms with E-state index in [9.17, 15) is 10.5 Å². The van der Waals surface area contributed by atoms with E-state index in [1.54, 1.807) is 12.4 Å². The molecule has 0 unspecified atom stereocenters. The van der Waals surface area contributed by atoms with Gasteiger partial charge in [-0.2, -0.15) is 15.6 Å². The lowest BCUT2D eigenvalue weighted by Crippen LogP contribution is -2.60. The van der Waals surface area contributed by atoms with Crippen LogP contribution in [-0.2, 0) is 17.0 Å². The molecule has 40 heavy (non-hydrogen) atoms. The number of aromatic nitrogens is 4. The van der Waals surface area contributed by atoms with Crippen molar-refractivity contribution in [2.24, 2.45) is 5.41 Å². The highest BCUT2D eigenvalue weighted by molar-refractivity contribution is 5.96. The maximum absolute atomic E-state index is 9.81. The minimum atomic E-state index is -0.322. The molecule has 0 aliphatic carbocycles.